The summed E-state index contributed by atoms with van der Waals surface area (Å²) in [5.74, 6) is 3.03. The zero-order chi connectivity index (χ0) is 14.2. The fourth-order valence-corrected chi connectivity index (χ4v) is 4.41. The lowest BCUT2D eigenvalue weighted by molar-refractivity contribution is 0.198. The molecule has 0 radical (unpaired) electrons. The minimum absolute atomic E-state index is 0.503. The summed E-state index contributed by atoms with van der Waals surface area (Å²) in [5, 5.41) is 7.56. The molecule has 3 atom stereocenters. The van der Waals surface area contributed by atoms with Crippen molar-refractivity contribution >= 4 is 0 Å². The molecule has 110 valence electrons. The van der Waals surface area contributed by atoms with Gasteiger partial charge in [0.25, 0.3) is 0 Å². The number of rotatable bonds is 2. The number of ether oxygens (including phenoxy) is 1. The summed E-state index contributed by atoms with van der Waals surface area (Å²) in [6.45, 7) is 0. The van der Waals surface area contributed by atoms with E-state index >= 15 is 0 Å². The fraction of sp³-hybridized carbons (Fsp3) is 0.500. The Hall–Kier alpha value is -1.77. The van der Waals surface area contributed by atoms with Crippen LogP contribution in [0, 0.1) is 11.8 Å². The summed E-state index contributed by atoms with van der Waals surface area (Å²) in [4.78, 5) is 0. The predicted molar refractivity (Wildman–Crippen MR) is 82.6 cm³/mol. The molecule has 1 aromatic heterocycles. The minimum Gasteiger partial charge on any atom is -0.497 e. The monoisotopic (exact) mass is 282 g/mol. The Morgan fingerprint density at radius 3 is 2.76 bits per heavy atom. The third-order valence-corrected chi connectivity index (χ3v) is 5.42. The molecule has 2 aliphatic carbocycles. The van der Waals surface area contributed by atoms with Crippen molar-refractivity contribution in [2.75, 3.05) is 7.11 Å². The average molecular weight is 282 g/mol. The van der Waals surface area contributed by atoms with Crippen LogP contribution in [-0.4, -0.2) is 17.3 Å². The number of nitrogens with zero attached hydrogens (tertiary/aromatic N) is 1. The molecule has 0 bridgehead atoms. The van der Waals surface area contributed by atoms with Gasteiger partial charge >= 0.3 is 0 Å². The van der Waals surface area contributed by atoms with Gasteiger partial charge in [0, 0.05) is 17.2 Å². The van der Waals surface area contributed by atoms with Crippen LogP contribution >= 0.6 is 0 Å². The van der Waals surface area contributed by atoms with Gasteiger partial charge in [-0.3, -0.25) is 5.10 Å². The summed E-state index contributed by atoms with van der Waals surface area (Å²) in [5.41, 5.74) is 4.19. The molecule has 1 N–H and O–H groups in total. The molecular formula is C18H22N2O. The maximum atomic E-state index is 5.30. The number of aromatic nitrogens is 2. The zero-order valence-corrected chi connectivity index (χ0v) is 12.5. The lowest BCUT2D eigenvalue weighted by atomic mass is 9.63. The number of methoxy groups -OCH3 is 1. The van der Waals surface area contributed by atoms with Crippen molar-refractivity contribution in [3.8, 4) is 5.75 Å². The van der Waals surface area contributed by atoms with Gasteiger partial charge in [-0.25, -0.2) is 0 Å². The number of hydrogen-bond donors (Lipinski definition) is 1. The lowest BCUT2D eigenvalue weighted by Crippen LogP contribution is -2.32. The van der Waals surface area contributed by atoms with Gasteiger partial charge in [0.1, 0.15) is 5.75 Å². The lowest BCUT2D eigenvalue weighted by Gasteiger charge is -2.41. The summed E-state index contributed by atoms with van der Waals surface area (Å²) in [6, 6.07) is 8.64. The SMILES string of the molecule is COc1ccc(C2c3cn[nH]c3CC3CCCCC32)cc1. The van der Waals surface area contributed by atoms with Gasteiger partial charge < -0.3 is 4.74 Å². The number of benzene rings is 1. The molecular weight excluding hydrogens is 260 g/mol. The molecule has 3 heteroatoms. The van der Waals surface area contributed by atoms with Crippen molar-refractivity contribution < 1.29 is 4.74 Å². The van der Waals surface area contributed by atoms with Gasteiger partial charge in [-0.15, -0.1) is 0 Å². The Morgan fingerprint density at radius 1 is 1.14 bits per heavy atom. The van der Waals surface area contributed by atoms with Crippen LogP contribution in [0.3, 0.4) is 0 Å². The van der Waals surface area contributed by atoms with Crippen molar-refractivity contribution in [3.05, 3.63) is 47.3 Å². The molecule has 21 heavy (non-hydrogen) atoms. The third-order valence-electron chi connectivity index (χ3n) is 5.42. The van der Waals surface area contributed by atoms with E-state index in [9.17, 15) is 0 Å². The Kier molecular flexibility index (Phi) is 3.21. The molecule has 2 aliphatic rings. The average Bonchev–Trinajstić information content (AvgIpc) is 3.00. The highest BCUT2D eigenvalue weighted by Crippen LogP contribution is 2.49. The van der Waals surface area contributed by atoms with Gasteiger partial charge in [0.15, 0.2) is 0 Å². The van der Waals surface area contributed by atoms with E-state index in [1.54, 1.807) is 7.11 Å². The molecule has 1 fully saturated rings. The topological polar surface area (TPSA) is 37.9 Å². The van der Waals surface area contributed by atoms with E-state index < -0.39 is 0 Å². The molecule has 0 spiro atoms. The van der Waals surface area contributed by atoms with E-state index in [0.29, 0.717) is 5.92 Å². The highest BCUT2D eigenvalue weighted by atomic mass is 16.5. The molecule has 3 nitrogen and oxygen atoms in total. The number of hydrogen-bond acceptors (Lipinski definition) is 2. The van der Waals surface area contributed by atoms with E-state index in [0.717, 1.165) is 17.6 Å². The normalized spacial score (nSPS) is 27.8. The maximum Gasteiger partial charge on any atom is 0.118 e. The van der Waals surface area contributed by atoms with E-state index in [2.05, 4.69) is 40.7 Å². The first-order valence-electron chi connectivity index (χ1n) is 8.03. The van der Waals surface area contributed by atoms with Gasteiger partial charge in [-0.1, -0.05) is 25.0 Å². The summed E-state index contributed by atoms with van der Waals surface area (Å²) in [7, 11) is 1.72. The molecule has 1 saturated carbocycles. The second kappa shape index (κ2) is 5.21. The van der Waals surface area contributed by atoms with Gasteiger partial charge in [-0.2, -0.15) is 5.10 Å². The van der Waals surface area contributed by atoms with Crippen LogP contribution in [0.15, 0.2) is 30.5 Å². The maximum absolute atomic E-state index is 5.30. The Bertz CT molecular complexity index is 616. The molecule has 0 aliphatic heterocycles. The molecule has 1 heterocycles. The first kappa shape index (κ1) is 12.9. The highest BCUT2D eigenvalue weighted by molar-refractivity contribution is 5.39. The van der Waals surface area contributed by atoms with Crippen LogP contribution < -0.4 is 4.74 Å². The predicted octanol–water partition coefficient (Wildman–Crippen LogP) is 3.91. The van der Waals surface area contributed by atoms with Crippen molar-refractivity contribution in [1.82, 2.24) is 10.2 Å². The fourth-order valence-electron chi connectivity index (χ4n) is 4.41. The van der Waals surface area contributed by atoms with Gasteiger partial charge in [-0.05, 0) is 48.8 Å². The quantitative estimate of drug-likeness (QED) is 0.906. The minimum atomic E-state index is 0.503. The first-order valence-corrected chi connectivity index (χ1v) is 8.03. The summed E-state index contributed by atoms with van der Waals surface area (Å²) < 4.78 is 5.30. The Balaban J connectivity index is 1.76. The number of H-pyrrole nitrogens is 1. The smallest absolute Gasteiger partial charge is 0.118 e. The third kappa shape index (κ3) is 2.15. The van der Waals surface area contributed by atoms with Crippen molar-refractivity contribution in [3.63, 3.8) is 0 Å². The standard InChI is InChI=1S/C18H22N2O/c1-21-14-8-6-12(7-9-14)18-15-5-3-2-4-13(15)10-17-16(18)11-19-20-17/h6-9,11,13,15,18H,2-5,10H2,1H3,(H,19,20). The number of nitrogens with one attached hydrogen (secondary N) is 1. The van der Waals surface area contributed by atoms with Crippen molar-refractivity contribution in [2.45, 2.75) is 38.0 Å². The number of fused-ring (bicyclic) bond motifs is 2. The largest absolute Gasteiger partial charge is 0.497 e. The van der Waals surface area contributed by atoms with Crippen LogP contribution in [0.5, 0.6) is 5.75 Å². The molecule has 4 rings (SSSR count). The second-order valence-electron chi connectivity index (χ2n) is 6.47. The molecule has 0 amide bonds. The summed E-state index contributed by atoms with van der Waals surface area (Å²) >= 11 is 0. The van der Waals surface area contributed by atoms with Gasteiger partial charge in [0.05, 0.1) is 13.3 Å². The molecule has 3 unspecified atom stereocenters. The Morgan fingerprint density at radius 2 is 1.95 bits per heavy atom. The summed E-state index contributed by atoms with van der Waals surface area (Å²) in [6.07, 6.45) is 8.73. The van der Waals surface area contributed by atoms with E-state index in [-0.39, 0.29) is 0 Å². The van der Waals surface area contributed by atoms with E-state index in [1.807, 2.05) is 0 Å². The van der Waals surface area contributed by atoms with Crippen molar-refractivity contribution in [1.29, 1.82) is 0 Å². The first-order chi connectivity index (χ1) is 10.4. The van der Waals surface area contributed by atoms with Crippen molar-refractivity contribution in [2.24, 2.45) is 11.8 Å². The van der Waals surface area contributed by atoms with E-state index in [1.165, 1.54) is 48.9 Å². The molecule has 1 aromatic carbocycles. The van der Waals surface area contributed by atoms with Crippen LogP contribution in [0.25, 0.3) is 0 Å². The molecule has 2 aromatic rings. The molecule has 0 saturated heterocycles. The van der Waals surface area contributed by atoms with Crippen LogP contribution in [0.1, 0.15) is 48.4 Å². The number of aromatic amines is 1. The van der Waals surface area contributed by atoms with Crippen LogP contribution in [-0.2, 0) is 6.42 Å². The van der Waals surface area contributed by atoms with Gasteiger partial charge in [0.2, 0.25) is 0 Å². The van der Waals surface area contributed by atoms with Crippen LogP contribution in [0.4, 0.5) is 0 Å². The Labute approximate surface area is 125 Å². The zero-order valence-electron chi connectivity index (χ0n) is 12.5. The highest BCUT2D eigenvalue weighted by Gasteiger charge is 2.39. The second-order valence-corrected chi connectivity index (χ2v) is 6.47. The van der Waals surface area contributed by atoms with Crippen LogP contribution in [0.2, 0.25) is 0 Å². The van der Waals surface area contributed by atoms with E-state index in [4.69, 9.17) is 4.74 Å².